The van der Waals surface area contributed by atoms with Crippen LogP contribution in [0.1, 0.15) is 0 Å². The minimum atomic E-state index is -0.721. The van der Waals surface area contributed by atoms with Crippen LogP contribution in [0.2, 0.25) is 0 Å². The van der Waals surface area contributed by atoms with Crippen molar-refractivity contribution in [1.82, 2.24) is 14.7 Å². The molecule has 0 spiro atoms. The van der Waals surface area contributed by atoms with Crippen LogP contribution < -0.4 is 5.76 Å². The molecule has 1 fully saturated rings. The highest BCUT2D eigenvalue weighted by Crippen LogP contribution is 2.15. The van der Waals surface area contributed by atoms with Crippen molar-refractivity contribution in [1.29, 1.82) is 0 Å². The Hall–Kier alpha value is -2.48. The smallest absolute Gasteiger partial charge is 0.388 e. The molecule has 0 N–H and O–H groups in total. The average Bonchev–Trinajstić information content (AvgIpc) is 2.90. The fourth-order valence-electron chi connectivity index (χ4n) is 2.16. The molecule has 3 rings (SSSR count). The standard InChI is InChI=1S/C14H14FN3O4/c15-11-3-1-10(2-4-11)13-16-18(14(20)22-13)9-12(19)17-5-7-21-8-6-17/h1-4H,5-9H2. The summed E-state index contributed by atoms with van der Waals surface area (Å²) in [4.78, 5) is 25.5. The Morgan fingerprint density at radius 1 is 1.23 bits per heavy atom. The van der Waals surface area contributed by atoms with E-state index in [1.54, 1.807) is 4.90 Å². The van der Waals surface area contributed by atoms with Crippen molar-refractivity contribution < 1.29 is 18.3 Å². The predicted octanol–water partition coefficient (Wildman–Crippen LogP) is 0.501. The van der Waals surface area contributed by atoms with Gasteiger partial charge in [0.15, 0.2) is 0 Å². The van der Waals surface area contributed by atoms with Crippen molar-refractivity contribution in [3.63, 3.8) is 0 Å². The monoisotopic (exact) mass is 307 g/mol. The summed E-state index contributed by atoms with van der Waals surface area (Å²) in [5, 5.41) is 3.98. The fourth-order valence-corrected chi connectivity index (χ4v) is 2.16. The minimum Gasteiger partial charge on any atom is -0.388 e. The molecule has 22 heavy (non-hydrogen) atoms. The Morgan fingerprint density at radius 2 is 1.91 bits per heavy atom. The van der Waals surface area contributed by atoms with Gasteiger partial charge in [-0.15, -0.1) is 5.10 Å². The van der Waals surface area contributed by atoms with Gasteiger partial charge in [0.2, 0.25) is 11.8 Å². The Kier molecular flexibility index (Phi) is 4.01. The third-order valence-corrected chi connectivity index (χ3v) is 3.35. The molecule has 1 amide bonds. The molecule has 0 saturated carbocycles. The van der Waals surface area contributed by atoms with Gasteiger partial charge < -0.3 is 14.1 Å². The van der Waals surface area contributed by atoms with E-state index in [1.165, 1.54) is 24.3 Å². The molecule has 2 heterocycles. The third-order valence-electron chi connectivity index (χ3n) is 3.35. The molecule has 0 aliphatic carbocycles. The first-order valence-electron chi connectivity index (χ1n) is 6.83. The van der Waals surface area contributed by atoms with Gasteiger partial charge in [-0.05, 0) is 24.3 Å². The van der Waals surface area contributed by atoms with E-state index in [0.29, 0.717) is 31.9 Å². The summed E-state index contributed by atoms with van der Waals surface area (Å²) in [7, 11) is 0. The lowest BCUT2D eigenvalue weighted by atomic mass is 10.2. The Balaban J connectivity index is 1.76. The molecule has 0 radical (unpaired) electrons. The van der Waals surface area contributed by atoms with Crippen LogP contribution in [0.25, 0.3) is 11.5 Å². The summed E-state index contributed by atoms with van der Waals surface area (Å²) < 4.78 is 24.0. The summed E-state index contributed by atoms with van der Waals surface area (Å²) in [5.41, 5.74) is 0.469. The predicted molar refractivity (Wildman–Crippen MR) is 73.6 cm³/mol. The van der Waals surface area contributed by atoms with E-state index < -0.39 is 11.6 Å². The molecular formula is C14H14FN3O4. The number of morpholine rings is 1. The largest absolute Gasteiger partial charge is 0.437 e. The minimum absolute atomic E-state index is 0.0553. The highest BCUT2D eigenvalue weighted by atomic mass is 19.1. The van der Waals surface area contributed by atoms with Crippen LogP contribution in [0.15, 0.2) is 33.5 Å². The van der Waals surface area contributed by atoms with Gasteiger partial charge in [0.1, 0.15) is 12.4 Å². The maximum atomic E-state index is 12.9. The second-order valence-corrected chi connectivity index (χ2v) is 4.83. The van der Waals surface area contributed by atoms with Crippen molar-refractivity contribution in [2.45, 2.75) is 6.54 Å². The summed E-state index contributed by atoms with van der Waals surface area (Å²) >= 11 is 0. The van der Waals surface area contributed by atoms with Gasteiger partial charge in [-0.1, -0.05) is 0 Å². The molecule has 0 bridgehead atoms. The van der Waals surface area contributed by atoms with Crippen LogP contribution in [0.5, 0.6) is 0 Å². The van der Waals surface area contributed by atoms with Crippen LogP contribution >= 0.6 is 0 Å². The zero-order chi connectivity index (χ0) is 15.5. The second-order valence-electron chi connectivity index (χ2n) is 4.83. The van der Waals surface area contributed by atoms with E-state index >= 15 is 0 Å². The van der Waals surface area contributed by atoms with E-state index in [0.717, 1.165) is 4.68 Å². The number of ether oxygens (including phenoxy) is 1. The number of hydrogen-bond acceptors (Lipinski definition) is 5. The van der Waals surface area contributed by atoms with E-state index in [-0.39, 0.29) is 18.3 Å². The van der Waals surface area contributed by atoms with E-state index in [9.17, 15) is 14.0 Å². The van der Waals surface area contributed by atoms with Crippen molar-refractivity contribution in [2.75, 3.05) is 26.3 Å². The molecular weight excluding hydrogens is 293 g/mol. The van der Waals surface area contributed by atoms with Gasteiger partial charge in [0, 0.05) is 18.7 Å². The van der Waals surface area contributed by atoms with E-state index in [2.05, 4.69) is 5.10 Å². The number of amides is 1. The highest BCUT2D eigenvalue weighted by molar-refractivity contribution is 5.76. The molecule has 1 aromatic heterocycles. The Morgan fingerprint density at radius 3 is 2.59 bits per heavy atom. The van der Waals surface area contributed by atoms with Crippen molar-refractivity contribution in [2.24, 2.45) is 0 Å². The summed E-state index contributed by atoms with van der Waals surface area (Å²) in [6, 6.07) is 5.39. The number of carbonyl (C=O) groups excluding carboxylic acids is 1. The molecule has 1 saturated heterocycles. The lowest BCUT2D eigenvalue weighted by molar-refractivity contribution is -0.136. The number of benzene rings is 1. The number of nitrogens with zero attached hydrogens (tertiary/aromatic N) is 3. The molecule has 7 nitrogen and oxygen atoms in total. The van der Waals surface area contributed by atoms with Crippen molar-refractivity contribution >= 4 is 5.91 Å². The van der Waals surface area contributed by atoms with Gasteiger partial charge in [-0.25, -0.2) is 9.18 Å². The highest BCUT2D eigenvalue weighted by Gasteiger charge is 2.20. The topological polar surface area (TPSA) is 77.6 Å². The first-order chi connectivity index (χ1) is 10.6. The lowest BCUT2D eigenvalue weighted by Gasteiger charge is -2.26. The van der Waals surface area contributed by atoms with E-state index in [1.807, 2.05) is 0 Å². The molecule has 2 aromatic rings. The first-order valence-corrected chi connectivity index (χ1v) is 6.83. The molecule has 0 unspecified atom stereocenters. The fraction of sp³-hybridized carbons (Fsp3) is 0.357. The Labute approximate surface area is 124 Å². The maximum Gasteiger partial charge on any atom is 0.437 e. The van der Waals surface area contributed by atoms with Gasteiger partial charge in [0.25, 0.3) is 0 Å². The van der Waals surface area contributed by atoms with Crippen LogP contribution in [0.4, 0.5) is 4.39 Å². The van der Waals surface area contributed by atoms with Crippen LogP contribution in [-0.4, -0.2) is 46.9 Å². The van der Waals surface area contributed by atoms with Gasteiger partial charge >= 0.3 is 5.76 Å². The number of aromatic nitrogens is 2. The van der Waals surface area contributed by atoms with Crippen molar-refractivity contribution in [3.05, 3.63) is 40.6 Å². The zero-order valence-corrected chi connectivity index (χ0v) is 11.7. The van der Waals surface area contributed by atoms with Gasteiger partial charge in [-0.2, -0.15) is 4.68 Å². The quantitative estimate of drug-likeness (QED) is 0.825. The number of halogens is 1. The average molecular weight is 307 g/mol. The van der Waals surface area contributed by atoms with Gasteiger partial charge in [-0.3, -0.25) is 4.79 Å². The number of hydrogen-bond donors (Lipinski definition) is 0. The molecule has 0 atom stereocenters. The van der Waals surface area contributed by atoms with Crippen LogP contribution in [-0.2, 0) is 16.1 Å². The third kappa shape index (κ3) is 3.06. The molecule has 1 aliphatic rings. The number of carbonyl (C=O) groups is 1. The van der Waals surface area contributed by atoms with Crippen LogP contribution in [0.3, 0.4) is 0 Å². The maximum absolute atomic E-state index is 12.9. The molecule has 8 heteroatoms. The molecule has 1 aromatic carbocycles. The first kappa shape index (κ1) is 14.5. The second kappa shape index (κ2) is 6.10. The number of rotatable bonds is 3. The summed E-state index contributed by atoms with van der Waals surface area (Å²) in [6.07, 6.45) is 0. The van der Waals surface area contributed by atoms with E-state index in [4.69, 9.17) is 9.15 Å². The molecule has 116 valence electrons. The molecule has 1 aliphatic heterocycles. The normalized spacial score (nSPS) is 15.0. The lowest BCUT2D eigenvalue weighted by Crippen LogP contribution is -2.43. The Bertz CT molecular complexity index is 716. The van der Waals surface area contributed by atoms with Gasteiger partial charge in [0.05, 0.1) is 13.2 Å². The summed E-state index contributed by atoms with van der Waals surface area (Å²) in [6.45, 7) is 1.77. The SMILES string of the molecule is O=C(Cn1nc(-c2ccc(F)cc2)oc1=O)N1CCOCC1. The zero-order valence-electron chi connectivity index (χ0n) is 11.7. The van der Waals surface area contributed by atoms with Crippen LogP contribution in [0, 0.1) is 5.82 Å². The van der Waals surface area contributed by atoms with Crippen molar-refractivity contribution in [3.8, 4) is 11.5 Å². The summed E-state index contributed by atoms with van der Waals surface area (Å²) in [5.74, 6) is -1.28.